The van der Waals surface area contributed by atoms with Gasteiger partial charge in [0.1, 0.15) is 11.4 Å². The van der Waals surface area contributed by atoms with E-state index < -0.39 is 32.4 Å². The Bertz CT molecular complexity index is 723. The van der Waals surface area contributed by atoms with E-state index in [2.05, 4.69) is 15.9 Å². The molecule has 9 heteroatoms. The Morgan fingerprint density at radius 1 is 1.25 bits per heavy atom. The zero-order valence-corrected chi connectivity index (χ0v) is 12.3. The molecule has 20 heavy (non-hydrogen) atoms. The number of benzene rings is 1. The lowest BCUT2D eigenvalue weighted by Gasteiger charge is -2.08. The Labute approximate surface area is 121 Å². The number of sulfonamides is 1. The number of nitrogens with two attached hydrogens (primary N) is 1. The van der Waals surface area contributed by atoms with Gasteiger partial charge in [0, 0.05) is 4.47 Å². The fourth-order valence-corrected chi connectivity index (χ4v) is 2.87. The molecule has 0 aliphatic carbocycles. The van der Waals surface area contributed by atoms with Crippen LogP contribution in [-0.2, 0) is 16.6 Å². The molecular formula is C11H9BrF2N2O3S. The molecule has 0 atom stereocenters. The third kappa shape index (κ3) is 3.00. The highest BCUT2D eigenvalue weighted by molar-refractivity contribution is 9.10. The highest BCUT2D eigenvalue weighted by Crippen LogP contribution is 2.26. The van der Waals surface area contributed by atoms with E-state index in [1.54, 1.807) is 4.72 Å². The van der Waals surface area contributed by atoms with Crippen molar-refractivity contribution in [3.8, 4) is 0 Å². The second-order valence-corrected chi connectivity index (χ2v) is 6.30. The molecule has 3 N–H and O–H groups in total. The van der Waals surface area contributed by atoms with Crippen LogP contribution in [0.2, 0.25) is 0 Å². The molecule has 1 aromatic heterocycles. The molecular weight excluding hydrogens is 358 g/mol. The van der Waals surface area contributed by atoms with Gasteiger partial charge in [0.15, 0.2) is 11.6 Å². The van der Waals surface area contributed by atoms with Crippen LogP contribution in [0, 0.1) is 11.6 Å². The highest BCUT2D eigenvalue weighted by Gasteiger charge is 2.22. The third-order valence-electron chi connectivity index (χ3n) is 2.35. The largest absolute Gasteiger partial charge is 0.446 e. The van der Waals surface area contributed by atoms with Gasteiger partial charge in [0.05, 0.1) is 6.54 Å². The summed E-state index contributed by atoms with van der Waals surface area (Å²) in [6.45, 7) is 0.0104. The van der Waals surface area contributed by atoms with Crippen molar-refractivity contribution in [2.75, 3.05) is 4.72 Å². The SMILES string of the molecule is NCc1ccc(S(=O)(=O)Nc2c(F)cc(Br)cc2F)o1. The lowest BCUT2D eigenvalue weighted by molar-refractivity contribution is 0.417. The predicted molar refractivity (Wildman–Crippen MR) is 71.5 cm³/mol. The first kappa shape index (κ1) is 14.9. The number of anilines is 1. The summed E-state index contributed by atoms with van der Waals surface area (Å²) in [5, 5.41) is -0.473. The second-order valence-electron chi connectivity index (χ2n) is 3.77. The van der Waals surface area contributed by atoms with Crippen molar-refractivity contribution < 1.29 is 21.6 Å². The van der Waals surface area contributed by atoms with Gasteiger partial charge in [-0.25, -0.2) is 8.78 Å². The summed E-state index contributed by atoms with van der Waals surface area (Å²) >= 11 is 2.89. The summed E-state index contributed by atoms with van der Waals surface area (Å²) in [6, 6.07) is 4.39. The fraction of sp³-hybridized carbons (Fsp3) is 0.0909. The molecule has 5 nitrogen and oxygen atoms in total. The summed E-state index contributed by atoms with van der Waals surface area (Å²) in [4.78, 5) is 0. The molecule has 0 unspecified atom stereocenters. The summed E-state index contributed by atoms with van der Waals surface area (Å²) in [6.07, 6.45) is 0. The van der Waals surface area contributed by atoms with Crippen molar-refractivity contribution in [2.24, 2.45) is 5.73 Å². The molecule has 1 heterocycles. The molecule has 0 fully saturated rings. The number of rotatable bonds is 4. The van der Waals surface area contributed by atoms with Crippen molar-refractivity contribution in [3.63, 3.8) is 0 Å². The maximum absolute atomic E-state index is 13.6. The van der Waals surface area contributed by atoms with Gasteiger partial charge in [0.2, 0.25) is 5.09 Å². The minimum absolute atomic E-state index is 0.0104. The highest BCUT2D eigenvalue weighted by atomic mass is 79.9. The molecule has 2 aromatic rings. The zero-order valence-electron chi connectivity index (χ0n) is 9.86. The maximum Gasteiger partial charge on any atom is 0.295 e. The Balaban J connectivity index is 2.38. The Hall–Kier alpha value is -1.45. The predicted octanol–water partition coefficient (Wildman–Crippen LogP) is 2.58. The Morgan fingerprint density at radius 2 is 1.85 bits per heavy atom. The molecule has 0 bridgehead atoms. The van der Waals surface area contributed by atoms with Crippen LogP contribution >= 0.6 is 15.9 Å². The van der Waals surface area contributed by atoms with Gasteiger partial charge in [-0.05, 0) is 24.3 Å². The summed E-state index contributed by atoms with van der Waals surface area (Å²) in [5.41, 5.74) is 4.51. The average Bonchev–Trinajstić information content (AvgIpc) is 2.83. The molecule has 1 aromatic carbocycles. The molecule has 0 spiro atoms. The molecule has 2 rings (SSSR count). The summed E-state index contributed by atoms with van der Waals surface area (Å²) < 4.78 is 57.9. The van der Waals surface area contributed by atoms with E-state index in [-0.39, 0.29) is 16.8 Å². The lowest BCUT2D eigenvalue weighted by Crippen LogP contribution is -2.14. The molecule has 0 saturated carbocycles. The summed E-state index contributed by atoms with van der Waals surface area (Å²) in [5.74, 6) is -1.86. The van der Waals surface area contributed by atoms with Crippen LogP contribution in [0.4, 0.5) is 14.5 Å². The maximum atomic E-state index is 13.6. The van der Waals surface area contributed by atoms with Crippen molar-refractivity contribution in [1.82, 2.24) is 0 Å². The van der Waals surface area contributed by atoms with E-state index in [0.29, 0.717) is 0 Å². The first-order valence-corrected chi connectivity index (χ1v) is 7.57. The van der Waals surface area contributed by atoms with Gasteiger partial charge in [-0.3, -0.25) is 4.72 Å². The topological polar surface area (TPSA) is 85.3 Å². The van der Waals surface area contributed by atoms with Gasteiger partial charge >= 0.3 is 0 Å². The smallest absolute Gasteiger partial charge is 0.295 e. The van der Waals surface area contributed by atoms with Gasteiger partial charge in [-0.15, -0.1) is 0 Å². The molecule has 0 aliphatic rings. The number of halogens is 3. The van der Waals surface area contributed by atoms with Crippen LogP contribution in [-0.4, -0.2) is 8.42 Å². The normalized spacial score (nSPS) is 11.6. The van der Waals surface area contributed by atoms with Gasteiger partial charge in [-0.1, -0.05) is 15.9 Å². The van der Waals surface area contributed by atoms with Crippen molar-refractivity contribution in [1.29, 1.82) is 0 Å². The van der Waals surface area contributed by atoms with Gasteiger partial charge in [-0.2, -0.15) is 8.42 Å². The first-order valence-electron chi connectivity index (χ1n) is 5.29. The number of nitrogens with one attached hydrogen (secondary N) is 1. The number of furan rings is 1. The van der Waals surface area contributed by atoms with Crippen LogP contribution in [0.5, 0.6) is 0 Å². The van der Waals surface area contributed by atoms with E-state index >= 15 is 0 Å². The molecule has 0 aliphatic heterocycles. The van der Waals surface area contributed by atoms with E-state index in [9.17, 15) is 17.2 Å². The second kappa shape index (κ2) is 5.51. The van der Waals surface area contributed by atoms with E-state index in [1.807, 2.05) is 0 Å². The minimum Gasteiger partial charge on any atom is -0.446 e. The Kier molecular flexibility index (Phi) is 4.11. The third-order valence-corrected chi connectivity index (χ3v) is 4.03. The quantitative estimate of drug-likeness (QED) is 0.870. The standard InChI is InChI=1S/C11H9BrF2N2O3S/c12-6-3-8(13)11(9(14)4-6)16-20(17,18)10-2-1-7(5-15)19-10/h1-4,16H,5,15H2. The van der Waals surface area contributed by atoms with Crippen LogP contribution in [0.15, 0.2) is 38.2 Å². The van der Waals surface area contributed by atoms with Crippen molar-refractivity contribution in [2.45, 2.75) is 11.6 Å². The molecule has 0 radical (unpaired) electrons. The molecule has 0 amide bonds. The fourth-order valence-electron chi connectivity index (χ4n) is 1.44. The first-order chi connectivity index (χ1) is 9.33. The van der Waals surface area contributed by atoms with Crippen molar-refractivity contribution >= 4 is 31.6 Å². The van der Waals surface area contributed by atoms with E-state index in [0.717, 1.165) is 18.2 Å². The zero-order chi connectivity index (χ0) is 14.9. The van der Waals surface area contributed by atoms with E-state index in [1.165, 1.54) is 6.07 Å². The monoisotopic (exact) mass is 366 g/mol. The minimum atomic E-state index is -4.23. The van der Waals surface area contributed by atoms with Crippen LogP contribution in [0.1, 0.15) is 5.76 Å². The van der Waals surface area contributed by atoms with Gasteiger partial charge < -0.3 is 10.2 Å². The molecule has 0 saturated heterocycles. The van der Waals surface area contributed by atoms with Crippen LogP contribution < -0.4 is 10.5 Å². The van der Waals surface area contributed by atoms with Crippen LogP contribution in [0.25, 0.3) is 0 Å². The molecule has 108 valence electrons. The van der Waals surface area contributed by atoms with E-state index in [4.69, 9.17) is 10.2 Å². The van der Waals surface area contributed by atoms with Crippen molar-refractivity contribution in [3.05, 3.63) is 46.1 Å². The summed E-state index contributed by atoms with van der Waals surface area (Å²) in [7, 11) is -4.23. The lowest BCUT2D eigenvalue weighted by atomic mass is 10.3. The average molecular weight is 367 g/mol. The Morgan fingerprint density at radius 3 is 2.35 bits per heavy atom. The van der Waals surface area contributed by atoms with Crippen LogP contribution in [0.3, 0.4) is 0 Å². The van der Waals surface area contributed by atoms with Gasteiger partial charge in [0.25, 0.3) is 10.0 Å². The number of hydrogen-bond donors (Lipinski definition) is 2. The number of hydrogen-bond acceptors (Lipinski definition) is 4.